The topological polar surface area (TPSA) is 66.8 Å². The van der Waals surface area contributed by atoms with Crippen molar-refractivity contribution < 1.29 is 19.4 Å². The van der Waals surface area contributed by atoms with E-state index in [2.05, 4.69) is 0 Å². The lowest BCUT2D eigenvalue weighted by Gasteiger charge is -2.27. The van der Waals surface area contributed by atoms with E-state index in [4.69, 9.17) is 4.74 Å². The van der Waals surface area contributed by atoms with E-state index in [1.54, 1.807) is 4.90 Å². The summed E-state index contributed by atoms with van der Waals surface area (Å²) in [5, 5.41) is 9.39. The third-order valence-electron chi connectivity index (χ3n) is 4.20. The number of amides is 1. The molecule has 2 fully saturated rings. The van der Waals surface area contributed by atoms with Crippen LogP contribution < -0.4 is 0 Å². The number of carbonyl (C=O) groups is 2. The molecule has 1 spiro atoms. The summed E-state index contributed by atoms with van der Waals surface area (Å²) in [6, 6.07) is 0. The molecule has 1 aliphatic carbocycles. The number of carboxylic acid groups (broad SMARTS) is 1. The number of carbonyl (C=O) groups excluding carboxylic acids is 1. The summed E-state index contributed by atoms with van der Waals surface area (Å²) < 4.78 is 5.35. The standard InChI is InChI=1S/C14H23NO4/c1-13(2,3)19-12(18)15-8-10(11(16)17)14(9-15)6-4-5-7-14/h10H,4-9H2,1-3H3,(H,16,17)/t10-/m1/s1. The average Bonchev–Trinajstić information content (AvgIpc) is 2.84. The maximum absolute atomic E-state index is 12.1. The molecule has 1 aliphatic heterocycles. The Morgan fingerprint density at radius 3 is 2.32 bits per heavy atom. The van der Waals surface area contributed by atoms with Gasteiger partial charge in [0.2, 0.25) is 0 Å². The van der Waals surface area contributed by atoms with Gasteiger partial charge in [0.15, 0.2) is 0 Å². The van der Waals surface area contributed by atoms with Crippen molar-refractivity contribution in [2.75, 3.05) is 13.1 Å². The number of rotatable bonds is 1. The predicted octanol–water partition coefficient (Wildman–Crippen LogP) is 2.50. The highest BCUT2D eigenvalue weighted by Gasteiger charge is 2.53. The molecule has 0 unspecified atom stereocenters. The zero-order valence-electron chi connectivity index (χ0n) is 11.9. The van der Waals surface area contributed by atoms with Gasteiger partial charge in [-0.3, -0.25) is 4.79 Å². The normalized spacial score (nSPS) is 25.8. The third kappa shape index (κ3) is 2.85. The van der Waals surface area contributed by atoms with E-state index >= 15 is 0 Å². The minimum absolute atomic E-state index is 0.220. The summed E-state index contributed by atoms with van der Waals surface area (Å²) in [5.74, 6) is -1.23. The van der Waals surface area contributed by atoms with Gasteiger partial charge in [0, 0.05) is 18.5 Å². The van der Waals surface area contributed by atoms with Crippen LogP contribution in [0.3, 0.4) is 0 Å². The van der Waals surface area contributed by atoms with Gasteiger partial charge < -0.3 is 14.7 Å². The van der Waals surface area contributed by atoms with Gasteiger partial charge in [-0.25, -0.2) is 4.79 Å². The second-order valence-corrected chi connectivity index (χ2v) is 6.82. The molecule has 1 saturated carbocycles. The van der Waals surface area contributed by atoms with E-state index in [1.165, 1.54) is 0 Å². The van der Waals surface area contributed by atoms with Gasteiger partial charge >= 0.3 is 12.1 Å². The van der Waals surface area contributed by atoms with Gasteiger partial charge in [0.25, 0.3) is 0 Å². The van der Waals surface area contributed by atoms with Crippen LogP contribution in [0.1, 0.15) is 46.5 Å². The number of likely N-dealkylation sites (tertiary alicyclic amines) is 1. The van der Waals surface area contributed by atoms with Crippen molar-refractivity contribution >= 4 is 12.1 Å². The van der Waals surface area contributed by atoms with E-state index in [0.717, 1.165) is 25.7 Å². The Balaban J connectivity index is 2.10. The van der Waals surface area contributed by atoms with Crippen molar-refractivity contribution in [3.05, 3.63) is 0 Å². The van der Waals surface area contributed by atoms with Gasteiger partial charge in [0.1, 0.15) is 5.60 Å². The Morgan fingerprint density at radius 2 is 1.84 bits per heavy atom. The van der Waals surface area contributed by atoms with Gasteiger partial charge in [0.05, 0.1) is 5.92 Å². The lowest BCUT2D eigenvalue weighted by atomic mass is 9.77. The molecule has 1 saturated heterocycles. The van der Waals surface area contributed by atoms with Crippen LogP contribution in [0.15, 0.2) is 0 Å². The van der Waals surface area contributed by atoms with Gasteiger partial charge in [-0.05, 0) is 33.6 Å². The van der Waals surface area contributed by atoms with E-state index in [-0.39, 0.29) is 18.1 Å². The molecule has 5 nitrogen and oxygen atoms in total. The summed E-state index contributed by atoms with van der Waals surface area (Å²) in [7, 11) is 0. The van der Waals surface area contributed by atoms with Crippen LogP contribution in [0.25, 0.3) is 0 Å². The van der Waals surface area contributed by atoms with Crippen molar-refractivity contribution in [3.8, 4) is 0 Å². The van der Waals surface area contributed by atoms with Crippen molar-refractivity contribution in [2.24, 2.45) is 11.3 Å². The molecule has 1 N–H and O–H groups in total. The minimum atomic E-state index is -0.784. The van der Waals surface area contributed by atoms with Crippen LogP contribution in [-0.4, -0.2) is 40.8 Å². The average molecular weight is 269 g/mol. The van der Waals surface area contributed by atoms with Gasteiger partial charge in [-0.2, -0.15) is 0 Å². The molecule has 2 rings (SSSR count). The number of hydrogen-bond donors (Lipinski definition) is 1. The molecule has 19 heavy (non-hydrogen) atoms. The van der Waals surface area contributed by atoms with E-state index in [9.17, 15) is 14.7 Å². The smallest absolute Gasteiger partial charge is 0.410 e. The highest BCUT2D eigenvalue weighted by atomic mass is 16.6. The quantitative estimate of drug-likeness (QED) is 0.794. The number of carboxylic acids is 1. The summed E-state index contributed by atoms with van der Waals surface area (Å²) in [5.41, 5.74) is -0.760. The number of aliphatic carboxylic acids is 1. The molecule has 0 radical (unpaired) electrons. The molecule has 0 aromatic carbocycles. The van der Waals surface area contributed by atoms with Crippen LogP contribution >= 0.6 is 0 Å². The largest absolute Gasteiger partial charge is 0.481 e. The van der Waals surface area contributed by atoms with Crippen molar-refractivity contribution in [1.29, 1.82) is 0 Å². The first-order chi connectivity index (χ1) is 8.73. The van der Waals surface area contributed by atoms with Crippen molar-refractivity contribution in [1.82, 2.24) is 4.90 Å². The third-order valence-corrected chi connectivity index (χ3v) is 4.20. The van der Waals surface area contributed by atoms with Crippen molar-refractivity contribution in [2.45, 2.75) is 52.1 Å². The molecule has 0 aromatic rings. The Bertz CT molecular complexity index is 379. The molecule has 108 valence electrons. The molecule has 1 amide bonds. The first kappa shape index (κ1) is 14.2. The molecular formula is C14H23NO4. The van der Waals surface area contributed by atoms with Crippen molar-refractivity contribution in [3.63, 3.8) is 0 Å². The molecule has 5 heteroatoms. The maximum Gasteiger partial charge on any atom is 0.410 e. The Hall–Kier alpha value is -1.26. The van der Waals surface area contributed by atoms with Gasteiger partial charge in [-0.1, -0.05) is 12.8 Å². The molecule has 0 bridgehead atoms. The minimum Gasteiger partial charge on any atom is -0.481 e. The highest BCUT2D eigenvalue weighted by Crippen LogP contribution is 2.49. The molecular weight excluding hydrogens is 246 g/mol. The summed E-state index contributed by atoms with van der Waals surface area (Å²) >= 11 is 0. The highest BCUT2D eigenvalue weighted by molar-refractivity contribution is 5.75. The fourth-order valence-electron chi connectivity index (χ4n) is 3.36. The lowest BCUT2D eigenvalue weighted by Crippen LogP contribution is -2.36. The maximum atomic E-state index is 12.1. The molecule has 0 aromatic heterocycles. The SMILES string of the molecule is CC(C)(C)OC(=O)N1C[C@H](C(=O)O)C2(CCCC2)C1. The predicted molar refractivity (Wildman–Crippen MR) is 69.8 cm³/mol. The molecule has 1 heterocycles. The summed E-state index contributed by atoms with van der Waals surface area (Å²) in [6.45, 7) is 6.27. The Morgan fingerprint density at radius 1 is 1.26 bits per heavy atom. The lowest BCUT2D eigenvalue weighted by molar-refractivity contribution is -0.144. The second kappa shape index (κ2) is 4.69. The van der Waals surface area contributed by atoms with E-state index < -0.39 is 17.5 Å². The zero-order valence-corrected chi connectivity index (χ0v) is 11.9. The van der Waals surface area contributed by atoms with Gasteiger partial charge in [-0.15, -0.1) is 0 Å². The first-order valence-electron chi connectivity index (χ1n) is 6.94. The zero-order chi connectivity index (χ0) is 14.3. The Kier molecular flexibility index (Phi) is 3.49. The van der Waals surface area contributed by atoms with E-state index in [1.807, 2.05) is 20.8 Å². The molecule has 1 atom stereocenters. The number of nitrogens with zero attached hydrogens (tertiary/aromatic N) is 1. The van der Waals surface area contributed by atoms with Crippen LogP contribution in [0.4, 0.5) is 4.79 Å². The van der Waals surface area contributed by atoms with Crippen LogP contribution in [0, 0.1) is 11.3 Å². The monoisotopic (exact) mass is 269 g/mol. The Labute approximate surface area is 113 Å². The summed E-state index contributed by atoms with van der Waals surface area (Å²) in [4.78, 5) is 25.1. The van der Waals surface area contributed by atoms with Crippen LogP contribution in [0.5, 0.6) is 0 Å². The number of hydrogen-bond acceptors (Lipinski definition) is 3. The first-order valence-corrected chi connectivity index (χ1v) is 6.94. The molecule has 2 aliphatic rings. The fourth-order valence-corrected chi connectivity index (χ4v) is 3.36. The van der Waals surface area contributed by atoms with Crippen LogP contribution in [0.2, 0.25) is 0 Å². The fraction of sp³-hybridized carbons (Fsp3) is 0.857. The van der Waals surface area contributed by atoms with E-state index in [0.29, 0.717) is 6.54 Å². The number of ether oxygens (including phenoxy) is 1. The van der Waals surface area contributed by atoms with Crippen LogP contribution in [-0.2, 0) is 9.53 Å². The summed E-state index contributed by atoms with van der Waals surface area (Å²) in [6.07, 6.45) is 3.55. The second-order valence-electron chi connectivity index (χ2n) is 6.82.